The molecule has 0 spiro atoms. The summed E-state index contributed by atoms with van der Waals surface area (Å²) in [6.07, 6.45) is 4.03. The van der Waals surface area contributed by atoms with E-state index in [4.69, 9.17) is 0 Å². The molecule has 1 aliphatic carbocycles. The van der Waals surface area contributed by atoms with Crippen molar-refractivity contribution in [3.05, 3.63) is 23.5 Å². The second-order valence-corrected chi connectivity index (χ2v) is 5.85. The molecule has 0 aromatic carbocycles. The summed E-state index contributed by atoms with van der Waals surface area (Å²) in [6.45, 7) is 1.85. The number of fused-ring (bicyclic) bond motifs is 1. The molecule has 3 rings (SSSR count). The van der Waals surface area contributed by atoms with E-state index in [0.717, 1.165) is 23.9 Å². The number of hydrogen-bond acceptors (Lipinski definition) is 4. The quantitative estimate of drug-likeness (QED) is 0.866. The van der Waals surface area contributed by atoms with Crippen LogP contribution in [0.2, 0.25) is 0 Å². The largest absolute Gasteiger partial charge is 0.480 e. The number of aliphatic carboxylic acids is 1. The van der Waals surface area contributed by atoms with Crippen molar-refractivity contribution in [1.29, 1.82) is 0 Å². The van der Waals surface area contributed by atoms with E-state index in [9.17, 15) is 14.7 Å². The van der Waals surface area contributed by atoms with E-state index in [0.29, 0.717) is 23.5 Å². The summed E-state index contributed by atoms with van der Waals surface area (Å²) in [5.74, 6) is -0.986. The standard InChI is InChI=1S/C15H18N4O3/c1-8-11-6-10(7-16-13(11)19(2)18-8)14(20)17-12(15(21)22)5-9-3-4-9/h6-7,9,12H,3-5H2,1-2H3,(H,17,20)(H,21,22). The summed E-state index contributed by atoms with van der Waals surface area (Å²) in [5, 5.41) is 16.9. The van der Waals surface area contributed by atoms with Crippen LogP contribution >= 0.6 is 0 Å². The minimum absolute atomic E-state index is 0.352. The Hall–Kier alpha value is -2.44. The second-order valence-electron chi connectivity index (χ2n) is 5.85. The highest BCUT2D eigenvalue weighted by molar-refractivity contribution is 5.99. The molecule has 1 fully saturated rings. The lowest BCUT2D eigenvalue weighted by molar-refractivity contribution is -0.139. The third-order valence-electron chi connectivity index (χ3n) is 3.99. The number of carbonyl (C=O) groups is 2. The molecule has 0 bridgehead atoms. The number of carboxylic acids is 1. The Morgan fingerprint density at radius 3 is 2.86 bits per heavy atom. The van der Waals surface area contributed by atoms with Crippen LogP contribution in [0, 0.1) is 12.8 Å². The van der Waals surface area contributed by atoms with E-state index >= 15 is 0 Å². The smallest absolute Gasteiger partial charge is 0.326 e. The predicted molar refractivity (Wildman–Crippen MR) is 79.5 cm³/mol. The van der Waals surface area contributed by atoms with Crippen LogP contribution in [0.15, 0.2) is 12.3 Å². The second kappa shape index (κ2) is 5.40. The number of carbonyl (C=O) groups excluding carboxylic acids is 1. The van der Waals surface area contributed by atoms with Gasteiger partial charge in [0.1, 0.15) is 6.04 Å². The molecular weight excluding hydrogens is 284 g/mol. The van der Waals surface area contributed by atoms with Crippen molar-refractivity contribution in [3.8, 4) is 0 Å². The van der Waals surface area contributed by atoms with Gasteiger partial charge in [0.05, 0.1) is 11.3 Å². The number of carboxylic acid groups (broad SMARTS) is 1. The molecule has 7 nitrogen and oxygen atoms in total. The lowest BCUT2D eigenvalue weighted by atomic mass is 10.1. The fraction of sp³-hybridized carbons (Fsp3) is 0.467. The first-order valence-corrected chi connectivity index (χ1v) is 7.28. The lowest BCUT2D eigenvalue weighted by Gasteiger charge is -2.14. The van der Waals surface area contributed by atoms with E-state index < -0.39 is 17.9 Å². The molecule has 0 aliphatic heterocycles. The normalized spacial score (nSPS) is 15.7. The van der Waals surface area contributed by atoms with Gasteiger partial charge in [-0.15, -0.1) is 0 Å². The summed E-state index contributed by atoms with van der Waals surface area (Å²) in [4.78, 5) is 27.8. The molecule has 2 heterocycles. The van der Waals surface area contributed by atoms with Crippen LogP contribution in [0.25, 0.3) is 11.0 Å². The van der Waals surface area contributed by atoms with Crippen molar-refractivity contribution in [2.75, 3.05) is 0 Å². The number of aryl methyl sites for hydroxylation is 2. The molecule has 0 saturated heterocycles. The molecule has 1 atom stereocenters. The zero-order valence-electron chi connectivity index (χ0n) is 12.5. The first-order valence-electron chi connectivity index (χ1n) is 7.28. The Bertz CT molecular complexity index is 749. The third-order valence-corrected chi connectivity index (χ3v) is 3.99. The summed E-state index contributed by atoms with van der Waals surface area (Å²) in [5.41, 5.74) is 1.83. The van der Waals surface area contributed by atoms with Crippen molar-refractivity contribution in [2.24, 2.45) is 13.0 Å². The van der Waals surface area contributed by atoms with E-state index in [2.05, 4.69) is 15.4 Å². The Morgan fingerprint density at radius 2 is 2.23 bits per heavy atom. The summed E-state index contributed by atoms with van der Waals surface area (Å²) < 4.78 is 1.65. The monoisotopic (exact) mass is 302 g/mol. The van der Waals surface area contributed by atoms with Gasteiger partial charge in [0.2, 0.25) is 0 Å². The van der Waals surface area contributed by atoms with Gasteiger partial charge in [0.25, 0.3) is 5.91 Å². The van der Waals surface area contributed by atoms with E-state index in [-0.39, 0.29) is 0 Å². The molecule has 116 valence electrons. The van der Waals surface area contributed by atoms with Crippen LogP contribution in [0.3, 0.4) is 0 Å². The van der Waals surface area contributed by atoms with Crippen LogP contribution in [0.4, 0.5) is 0 Å². The number of rotatable bonds is 5. The topological polar surface area (TPSA) is 97.1 Å². The third kappa shape index (κ3) is 2.79. The molecule has 2 N–H and O–H groups in total. The van der Waals surface area contributed by atoms with E-state index in [1.54, 1.807) is 17.8 Å². The van der Waals surface area contributed by atoms with Crippen LogP contribution in [-0.2, 0) is 11.8 Å². The number of pyridine rings is 1. The number of amides is 1. The van der Waals surface area contributed by atoms with Gasteiger partial charge in [-0.2, -0.15) is 5.10 Å². The highest BCUT2D eigenvalue weighted by atomic mass is 16.4. The van der Waals surface area contributed by atoms with Gasteiger partial charge in [-0.05, 0) is 25.3 Å². The van der Waals surface area contributed by atoms with Gasteiger partial charge in [-0.3, -0.25) is 9.48 Å². The van der Waals surface area contributed by atoms with Crippen molar-refractivity contribution >= 4 is 22.9 Å². The van der Waals surface area contributed by atoms with Crippen molar-refractivity contribution in [3.63, 3.8) is 0 Å². The highest BCUT2D eigenvalue weighted by Crippen LogP contribution is 2.33. The van der Waals surface area contributed by atoms with Gasteiger partial charge in [0.15, 0.2) is 5.65 Å². The Balaban J connectivity index is 1.81. The van der Waals surface area contributed by atoms with Crippen molar-refractivity contribution < 1.29 is 14.7 Å². The van der Waals surface area contributed by atoms with Crippen molar-refractivity contribution in [1.82, 2.24) is 20.1 Å². The highest BCUT2D eigenvalue weighted by Gasteiger charge is 2.30. The summed E-state index contributed by atoms with van der Waals surface area (Å²) in [6, 6.07) is 0.862. The van der Waals surface area contributed by atoms with Crippen LogP contribution in [0.5, 0.6) is 0 Å². The van der Waals surface area contributed by atoms with Gasteiger partial charge in [-0.25, -0.2) is 9.78 Å². The van der Waals surface area contributed by atoms with Gasteiger partial charge in [-0.1, -0.05) is 12.8 Å². The number of nitrogens with one attached hydrogen (secondary N) is 1. The summed E-state index contributed by atoms with van der Waals surface area (Å²) in [7, 11) is 1.79. The van der Waals surface area contributed by atoms with Crippen LogP contribution in [0.1, 0.15) is 35.3 Å². The Kier molecular flexibility index (Phi) is 3.56. The molecule has 0 radical (unpaired) electrons. The minimum atomic E-state index is -0.994. The van der Waals surface area contributed by atoms with Crippen molar-refractivity contribution in [2.45, 2.75) is 32.2 Å². The number of nitrogens with zero attached hydrogens (tertiary/aromatic N) is 3. The van der Waals surface area contributed by atoms with E-state index in [1.807, 2.05) is 6.92 Å². The number of aromatic nitrogens is 3. The maximum atomic E-state index is 12.3. The fourth-order valence-corrected chi connectivity index (χ4v) is 2.58. The van der Waals surface area contributed by atoms with E-state index in [1.165, 1.54) is 6.20 Å². The molecule has 2 aromatic heterocycles. The minimum Gasteiger partial charge on any atom is -0.480 e. The number of hydrogen-bond donors (Lipinski definition) is 2. The molecule has 2 aromatic rings. The maximum Gasteiger partial charge on any atom is 0.326 e. The first-order chi connectivity index (χ1) is 10.5. The molecule has 1 unspecified atom stereocenters. The molecule has 7 heteroatoms. The fourth-order valence-electron chi connectivity index (χ4n) is 2.58. The average Bonchev–Trinajstić information content (AvgIpc) is 3.24. The SMILES string of the molecule is Cc1nn(C)c2ncc(C(=O)NC(CC3CC3)C(=O)O)cc12. The molecule has 22 heavy (non-hydrogen) atoms. The molecular formula is C15H18N4O3. The summed E-state index contributed by atoms with van der Waals surface area (Å²) >= 11 is 0. The van der Waals surface area contributed by atoms with Crippen LogP contribution < -0.4 is 5.32 Å². The average molecular weight is 302 g/mol. The first kappa shape index (κ1) is 14.5. The molecule has 1 saturated carbocycles. The molecule has 1 aliphatic rings. The Labute approximate surface area is 127 Å². The zero-order chi connectivity index (χ0) is 15.9. The maximum absolute atomic E-state index is 12.3. The van der Waals surface area contributed by atoms with Crippen LogP contribution in [-0.4, -0.2) is 37.8 Å². The van der Waals surface area contributed by atoms with Gasteiger partial charge < -0.3 is 10.4 Å². The predicted octanol–water partition coefficient (Wildman–Crippen LogP) is 1.26. The lowest BCUT2D eigenvalue weighted by Crippen LogP contribution is -2.41. The Morgan fingerprint density at radius 1 is 1.50 bits per heavy atom. The van der Waals surface area contributed by atoms with Gasteiger partial charge in [0, 0.05) is 18.6 Å². The molecule has 1 amide bonds. The van der Waals surface area contributed by atoms with Gasteiger partial charge >= 0.3 is 5.97 Å². The zero-order valence-corrected chi connectivity index (χ0v) is 12.5.